The third-order valence-corrected chi connectivity index (χ3v) is 0. The summed E-state index contributed by atoms with van der Waals surface area (Å²) in [6, 6.07) is 0. The summed E-state index contributed by atoms with van der Waals surface area (Å²) in [4.78, 5) is 0. The molecule has 5 heavy (non-hydrogen) atoms. The van der Waals surface area contributed by atoms with Crippen LogP contribution in [0.15, 0.2) is 0 Å². The minimum atomic E-state index is -4.11. The molecule has 0 atom stereocenters. The average molecular weight is 176 g/mol. The largest absolute Gasteiger partial charge is 0.0149 e. The summed E-state index contributed by atoms with van der Waals surface area (Å²) in [6.07, 6.45) is 0. The van der Waals surface area contributed by atoms with E-state index in [9.17, 15) is 0 Å². The van der Waals surface area contributed by atoms with Crippen LogP contribution in [0.25, 0.3) is 0 Å². The SMILES string of the molecule is [O]=[Mo](=[O])=[O].[SiH4]. The summed E-state index contributed by atoms with van der Waals surface area (Å²) in [5, 5.41) is 0. The molecule has 0 spiro atoms. The summed E-state index contributed by atoms with van der Waals surface area (Å²) in [7, 11) is 0. The molecule has 0 aromatic carbocycles. The van der Waals surface area contributed by atoms with Crippen LogP contribution in [0.5, 0.6) is 0 Å². The van der Waals surface area contributed by atoms with Gasteiger partial charge in [-0.25, -0.2) is 0 Å². The minimum absolute atomic E-state index is 0. The molecule has 0 aliphatic heterocycles. The van der Waals surface area contributed by atoms with E-state index in [0.717, 1.165) is 0 Å². The van der Waals surface area contributed by atoms with Crippen LogP contribution in [-0.4, -0.2) is 11.0 Å². The predicted octanol–water partition coefficient (Wildman–Crippen LogP) is -1.81. The molecule has 0 fully saturated rings. The molecule has 0 radical (unpaired) electrons. The van der Waals surface area contributed by atoms with Crippen LogP contribution in [0, 0.1) is 0 Å². The van der Waals surface area contributed by atoms with Gasteiger partial charge in [0.2, 0.25) is 0 Å². The van der Waals surface area contributed by atoms with Crippen LogP contribution in [0.4, 0.5) is 0 Å². The van der Waals surface area contributed by atoms with Crippen LogP contribution in [-0.2, 0) is 27.4 Å². The van der Waals surface area contributed by atoms with Gasteiger partial charge < -0.3 is 0 Å². The Morgan fingerprint density at radius 1 is 1.00 bits per heavy atom. The third kappa shape index (κ3) is 246. The fourth-order valence-corrected chi connectivity index (χ4v) is 0. The van der Waals surface area contributed by atoms with Crippen molar-refractivity contribution in [1.82, 2.24) is 0 Å². The van der Waals surface area contributed by atoms with E-state index in [4.69, 9.17) is 10.2 Å². The van der Waals surface area contributed by atoms with Gasteiger partial charge in [0.25, 0.3) is 0 Å². The Balaban J connectivity index is 0. The first-order chi connectivity index (χ1) is 1.73. The van der Waals surface area contributed by atoms with Crippen LogP contribution >= 0.6 is 0 Å². The average Bonchev–Trinajstić information content (AvgIpc) is 0.811. The van der Waals surface area contributed by atoms with Gasteiger partial charge in [0.05, 0.1) is 0 Å². The first-order valence-corrected chi connectivity index (χ1v) is 2.96. The molecule has 0 aliphatic carbocycles. The van der Waals surface area contributed by atoms with Crippen molar-refractivity contribution in [2.75, 3.05) is 0 Å². The van der Waals surface area contributed by atoms with Crippen molar-refractivity contribution in [2.45, 2.75) is 0 Å². The summed E-state index contributed by atoms with van der Waals surface area (Å²) >= 11 is -4.11. The van der Waals surface area contributed by atoms with Gasteiger partial charge >= 0.3 is 27.4 Å². The first kappa shape index (κ1) is 9.00. The summed E-state index contributed by atoms with van der Waals surface area (Å²) in [5.74, 6) is 0. The second-order valence-corrected chi connectivity index (χ2v) is 1.21. The molecule has 0 heterocycles. The summed E-state index contributed by atoms with van der Waals surface area (Å²) < 4.78 is 25.8. The predicted molar refractivity (Wildman–Crippen MR) is 13.4 cm³/mol. The van der Waals surface area contributed by atoms with E-state index in [1.807, 2.05) is 0 Å². The molecule has 32 valence electrons. The first-order valence-electron chi connectivity index (χ1n) is 0.500. The van der Waals surface area contributed by atoms with Gasteiger partial charge in [0, 0.05) is 0 Å². The summed E-state index contributed by atoms with van der Waals surface area (Å²) in [5.41, 5.74) is 0. The fourth-order valence-electron chi connectivity index (χ4n) is 0. The molecule has 0 aromatic rings. The Hall–Kier alpha value is 0.305. The molecule has 0 amide bonds. The van der Waals surface area contributed by atoms with Gasteiger partial charge in [0.15, 0.2) is 0 Å². The monoisotopic (exact) mass is 178 g/mol. The zero-order valence-corrected chi connectivity index (χ0v) is 3.64. The molecule has 5 heteroatoms. The van der Waals surface area contributed by atoms with Gasteiger partial charge in [-0.15, -0.1) is 0 Å². The van der Waals surface area contributed by atoms with Gasteiger partial charge in [-0.3, -0.25) is 0 Å². The van der Waals surface area contributed by atoms with E-state index in [-0.39, 0.29) is 11.0 Å². The molecular formula is H4MoO3Si. The zero-order chi connectivity index (χ0) is 3.58. The Morgan fingerprint density at radius 3 is 1.00 bits per heavy atom. The Kier molecular flexibility index (Phi) is 7.75. The van der Waals surface area contributed by atoms with Crippen molar-refractivity contribution < 1.29 is 27.4 Å². The van der Waals surface area contributed by atoms with E-state index in [1.165, 1.54) is 0 Å². The van der Waals surface area contributed by atoms with E-state index in [1.54, 1.807) is 0 Å². The smallest absolute Gasteiger partial charge is 0.0149 e. The fraction of sp³-hybridized carbons (Fsp3) is 0. The quantitative estimate of drug-likeness (QED) is 0.409. The molecule has 0 N–H and O–H groups in total. The van der Waals surface area contributed by atoms with Crippen LogP contribution in [0.1, 0.15) is 0 Å². The maximum absolute atomic E-state index is 8.59. The maximum Gasteiger partial charge on any atom is -0.0149 e. The number of rotatable bonds is 0. The van der Waals surface area contributed by atoms with E-state index in [2.05, 4.69) is 0 Å². The Bertz CT molecular complexity index is 76.3. The van der Waals surface area contributed by atoms with Crippen molar-refractivity contribution in [2.24, 2.45) is 0 Å². The van der Waals surface area contributed by atoms with E-state index >= 15 is 0 Å². The van der Waals surface area contributed by atoms with Crippen molar-refractivity contribution in [3.8, 4) is 0 Å². The van der Waals surface area contributed by atoms with Crippen LogP contribution in [0.3, 0.4) is 0 Å². The third-order valence-electron chi connectivity index (χ3n) is 0. The molecule has 0 aromatic heterocycles. The molecular weight excluding hydrogens is 172 g/mol. The zero-order valence-electron chi connectivity index (χ0n) is 1.63. The molecule has 0 rings (SSSR count). The Labute approximate surface area is 38.9 Å². The number of hydrogen-bond acceptors (Lipinski definition) is 3. The van der Waals surface area contributed by atoms with Crippen molar-refractivity contribution >= 4 is 11.0 Å². The maximum atomic E-state index is 8.59. The van der Waals surface area contributed by atoms with Crippen molar-refractivity contribution in [3.05, 3.63) is 0 Å². The van der Waals surface area contributed by atoms with Gasteiger partial charge in [-0.2, -0.15) is 0 Å². The van der Waals surface area contributed by atoms with Crippen LogP contribution < -0.4 is 0 Å². The minimum Gasteiger partial charge on any atom is -0.0149 e. The van der Waals surface area contributed by atoms with Crippen molar-refractivity contribution in [1.29, 1.82) is 0 Å². The van der Waals surface area contributed by atoms with Gasteiger partial charge in [-0.1, -0.05) is 0 Å². The second-order valence-electron chi connectivity index (χ2n) is 0.204. The van der Waals surface area contributed by atoms with Crippen LogP contribution in [0.2, 0.25) is 0 Å². The molecule has 0 saturated heterocycles. The standard InChI is InChI=1S/Mo.3O.H4Si/h;;;;1H4. The summed E-state index contributed by atoms with van der Waals surface area (Å²) in [6.45, 7) is 0. The normalized spacial score (nSPS) is 4.80. The topological polar surface area (TPSA) is 51.2 Å². The molecule has 0 unspecified atom stereocenters. The Morgan fingerprint density at radius 2 is 1.00 bits per heavy atom. The molecule has 0 bridgehead atoms. The number of hydrogen-bond donors (Lipinski definition) is 0. The van der Waals surface area contributed by atoms with Gasteiger partial charge in [-0.05, 0) is 11.0 Å². The van der Waals surface area contributed by atoms with E-state index in [0.29, 0.717) is 0 Å². The van der Waals surface area contributed by atoms with Crippen molar-refractivity contribution in [3.63, 3.8) is 0 Å². The molecule has 0 saturated carbocycles. The second kappa shape index (κ2) is 4.31. The van der Waals surface area contributed by atoms with E-state index < -0.39 is 17.2 Å². The van der Waals surface area contributed by atoms with Gasteiger partial charge in [0.1, 0.15) is 0 Å². The molecule has 3 nitrogen and oxygen atoms in total. The molecule has 0 aliphatic rings.